The lowest BCUT2D eigenvalue weighted by atomic mass is 9.77. The average Bonchev–Trinajstić information content (AvgIpc) is 2.27. The van der Waals surface area contributed by atoms with Crippen molar-refractivity contribution in [2.45, 2.75) is 25.2 Å². The van der Waals surface area contributed by atoms with Crippen LogP contribution in [0.15, 0.2) is 18.2 Å². The summed E-state index contributed by atoms with van der Waals surface area (Å²) in [4.78, 5) is 11.5. The fraction of sp³-hybridized carbons (Fsp3) is 0.500. The Morgan fingerprint density at radius 2 is 2.11 bits per heavy atom. The minimum absolute atomic E-state index is 0.208. The molecule has 1 heterocycles. The maximum atomic E-state index is 11.5. The molecule has 1 saturated heterocycles. The van der Waals surface area contributed by atoms with Crippen LogP contribution in [0, 0.1) is 0 Å². The molecule has 0 unspecified atom stereocenters. The van der Waals surface area contributed by atoms with Gasteiger partial charge in [-0.05, 0) is 17.5 Å². The number of aliphatic carboxylic acids is 1. The first-order chi connectivity index (χ1) is 8.51. The summed E-state index contributed by atoms with van der Waals surface area (Å²) in [7, 11) is 1.57. The summed E-state index contributed by atoms with van der Waals surface area (Å²) in [6.45, 7) is 4.60. The van der Waals surface area contributed by atoms with Gasteiger partial charge in [-0.1, -0.05) is 26.0 Å². The third-order valence-corrected chi connectivity index (χ3v) is 3.51. The molecule has 0 atom stereocenters. The summed E-state index contributed by atoms with van der Waals surface area (Å²) >= 11 is 0. The van der Waals surface area contributed by atoms with Crippen LogP contribution in [0.1, 0.15) is 30.9 Å². The second-order valence-corrected chi connectivity index (χ2v) is 4.99. The second-order valence-electron chi connectivity index (χ2n) is 4.99. The highest BCUT2D eigenvalue weighted by Gasteiger charge is 2.49. The van der Waals surface area contributed by atoms with Crippen molar-refractivity contribution in [2.24, 2.45) is 0 Å². The highest BCUT2D eigenvalue weighted by atomic mass is 16.5. The van der Waals surface area contributed by atoms with Gasteiger partial charge in [0.1, 0.15) is 11.2 Å². The number of ether oxygens (including phenoxy) is 2. The molecule has 1 N–H and O–H groups in total. The molecule has 0 bridgehead atoms. The van der Waals surface area contributed by atoms with Crippen LogP contribution in [0.5, 0.6) is 5.75 Å². The molecule has 0 spiro atoms. The zero-order chi connectivity index (χ0) is 13.3. The molecule has 1 fully saturated rings. The minimum atomic E-state index is -0.944. The van der Waals surface area contributed by atoms with Gasteiger partial charge in [0, 0.05) is 5.56 Å². The molecule has 4 heteroatoms. The maximum absolute atomic E-state index is 11.5. The predicted molar refractivity (Wildman–Crippen MR) is 67.2 cm³/mol. The second kappa shape index (κ2) is 4.61. The maximum Gasteiger partial charge on any atom is 0.319 e. The van der Waals surface area contributed by atoms with Crippen molar-refractivity contribution < 1.29 is 19.4 Å². The van der Waals surface area contributed by atoms with Crippen molar-refractivity contribution >= 4 is 5.97 Å². The summed E-state index contributed by atoms with van der Waals surface area (Å²) in [6.07, 6.45) is 0. The molecule has 0 saturated carbocycles. The van der Waals surface area contributed by atoms with Crippen LogP contribution in [-0.4, -0.2) is 31.4 Å². The lowest BCUT2D eigenvalue weighted by molar-refractivity contribution is -0.163. The molecule has 0 aliphatic carbocycles. The molecule has 18 heavy (non-hydrogen) atoms. The molecule has 0 radical (unpaired) electrons. The monoisotopic (exact) mass is 250 g/mol. The average molecular weight is 250 g/mol. The smallest absolute Gasteiger partial charge is 0.319 e. The molecule has 0 aromatic heterocycles. The van der Waals surface area contributed by atoms with Gasteiger partial charge in [-0.2, -0.15) is 0 Å². The molecular formula is C14H18O4. The number of carbonyl (C=O) groups is 1. The van der Waals surface area contributed by atoms with E-state index in [-0.39, 0.29) is 13.2 Å². The zero-order valence-corrected chi connectivity index (χ0v) is 10.9. The van der Waals surface area contributed by atoms with E-state index in [9.17, 15) is 9.90 Å². The Morgan fingerprint density at radius 3 is 2.50 bits per heavy atom. The van der Waals surface area contributed by atoms with Crippen LogP contribution < -0.4 is 4.74 Å². The van der Waals surface area contributed by atoms with Crippen molar-refractivity contribution in [3.63, 3.8) is 0 Å². The highest BCUT2D eigenvalue weighted by Crippen LogP contribution is 2.39. The number of methoxy groups -OCH3 is 1. The fourth-order valence-corrected chi connectivity index (χ4v) is 2.16. The van der Waals surface area contributed by atoms with Gasteiger partial charge in [0.15, 0.2) is 0 Å². The number of rotatable bonds is 4. The van der Waals surface area contributed by atoms with E-state index in [2.05, 4.69) is 13.8 Å². The van der Waals surface area contributed by atoms with Crippen molar-refractivity contribution in [3.05, 3.63) is 29.3 Å². The Hall–Kier alpha value is -1.55. The van der Waals surface area contributed by atoms with Gasteiger partial charge in [0.25, 0.3) is 0 Å². The number of hydrogen-bond donors (Lipinski definition) is 1. The van der Waals surface area contributed by atoms with Crippen molar-refractivity contribution in [2.75, 3.05) is 20.3 Å². The molecule has 1 aromatic rings. The Morgan fingerprint density at radius 1 is 1.44 bits per heavy atom. The van der Waals surface area contributed by atoms with Crippen molar-refractivity contribution in [3.8, 4) is 5.75 Å². The number of hydrogen-bond acceptors (Lipinski definition) is 3. The molecule has 0 amide bonds. The topological polar surface area (TPSA) is 55.8 Å². The molecular weight excluding hydrogens is 232 g/mol. The lowest BCUT2D eigenvalue weighted by Gasteiger charge is -2.38. The predicted octanol–water partition coefficient (Wildman–Crippen LogP) is 2.17. The first-order valence-corrected chi connectivity index (χ1v) is 6.01. The third-order valence-electron chi connectivity index (χ3n) is 3.51. The Balaban J connectivity index is 2.47. The minimum Gasteiger partial charge on any atom is -0.496 e. The summed E-state index contributed by atoms with van der Waals surface area (Å²) in [5.74, 6) is 0.155. The molecule has 2 rings (SSSR count). The van der Waals surface area contributed by atoms with E-state index in [0.29, 0.717) is 17.2 Å². The molecule has 1 aliphatic rings. The van der Waals surface area contributed by atoms with E-state index in [4.69, 9.17) is 9.47 Å². The first kappa shape index (κ1) is 12.9. The van der Waals surface area contributed by atoms with Gasteiger partial charge in [-0.3, -0.25) is 4.79 Å². The SMILES string of the molecule is COc1cc(C(C)C)ccc1C1(C(=O)O)COC1. The van der Waals surface area contributed by atoms with Crippen LogP contribution in [-0.2, 0) is 14.9 Å². The van der Waals surface area contributed by atoms with E-state index in [1.165, 1.54) is 0 Å². The fourth-order valence-electron chi connectivity index (χ4n) is 2.16. The standard InChI is InChI=1S/C14H18O4/c1-9(2)10-4-5-11(12(6-10)17-3)14(13(15)16)7-18-8-14/h4-6,9H,7-8H2,1-3H3,(H,15,16). The van der Waals surface area contributed by atoms with E-state index >= 15 is 0 Å². The summed E-state index contributed by atoms with van der Waals surface area (Å²) < 4.78 is 10.4. The van der Waals surface area contributed by atoms with E-state index in [1.807, 2.05) is 18.2 Å². The summed E-state index contributed by atoms with van der Waals surface area (Å²) in [5, 5.41) is 9.40. The van der Waals surface area contributed by atoms with E-state index in [0.717, 1.165) is 5.56 Å². The first-order valence-electron chi connectivity index (χ1n) is 6.01. The summed E-state index contributed by atoms with van der Waals surface area (Å²) in [6, 6.07) is 5.74. The van der Waals surface area contributed by atoms with Crippen LogP contribution >= 0.6 is 0 Å². The normalized spacial score (nSPS) is 17.3. The molecule has 1 aliphatic heterocycles. The van der Waals surface area contributed by atoms with Gasteiger partial charge in [-0.25, -0.2) is 0 Å². The van der Waals surface area contributed by atoms with Crippen LogP contribution in [0.4, 0.5) is 0 Å². The quantitative estimate of drug-likeness (QED) is 0.889. The van der Waals surface area contributed by atoms with Gasteiger partial charge >= 0.3 is 5.97 Å². The highest BCUT2D eigenvalue weighted by molar-refractivity contribution is 5.84. The number of carboxylic acid groups (broad SMARTS) is 1. The Bertz CT molecular complexity index is 461. The van der Waals surface area contributed by atoms with Crippen molar-refractivity contribution in [1.29, 1.82) is 0 Å². The molecule has 4 nitrogen and oxygen atoms in total. The van der Waals surface area contributed by atoms with Gasteiger partial charge in [-0.15, -0.1) is 0 Å². The van der Waals surface area contributed by atoms with Crippen LogP contribution in [0.3, 0.4) is 0 Å². The van der Waals surface area contributed by atoms with E-state index < -0.39 is 11.4 Å². The van der Waals surface area contributed by atoms with Crippen LogP contribution in [0.2, 0.25) is 0 Å². The Kier molecular flexibility index (Phi) is 3.30. The molecule has 98 valence electrons. The summed E-state index contributed by atoms with van der Waals surface area (Å²) in [5.41, 5.74) is 0.894. The van der Waals surface area contributed by atoms with Crippen molar-refractivity contribution in [1.82, 2.24) is 0 Å². The lowest BCUT2D eigenvalue weighted by Crippen LogP contribution is -2.53. The van der Waals surface area contributed by atoms with E-state index in [1.54, 1.807) is 7.11 Å². The number of benzene rings is 1. The number of carboxylic acids is 1. The third kappa shape index (κ3) is 1.86. The van der Waals surface area contributed by atoms with Gasteiger partial charge in [0.05, 0.1) is 20.3 Å². The van der Waals surface area contributed by atoms with Gasteiger partial charge < -0.3 is 14.6 Å². The largest absolute Gasteiger partial charge is 0.496 e. The molecule has 1 aromatic carbocycles. The Labute approximate surface area is 107 Å². The van der Waals surface area contributed by atoms with Gasteiger partial charge in [0.2, 0.25) is 0 Å². The zero-order valence-electron chi connectivity index (χ0n) is 10.9. The van der Waals surface area contributed by atoms with Crippen LogP contribution in [0.25, 0.3) is 0 Å².